The molecule has 3 nitrogen and oxygen atoms in total. The minimum atomic E-state index is 0.557. The first-order valence-electron chi connectivity index (χ1n) is 7.21. The average molecular weight is 266 g/mol. The van der Waals surface area contributed by atoms with E-state index in [2.05, 4.69) is 22.0 Å². The van der Waals surface area contributed by atoms with Crippen LogP contribution in [0.1, 0.15) is 43.6 Å². The number of hydrogen-bond acceptors (Lipinski definition) is 3. The van der Waals surface area contributed by atoms with E-state index < -0.39 is 0 Å². The summed E-state index contributed by atoms with van der Waals surface area (Å²) in [5, 5.41) is 7.89. The van der Waals surface area contributed by atoms with Crippen LogP contribution in [0.25, 0.3) is 11.5 Å². The molecule has 20 heavy (non-hydrogen) atoms. The van der Waals surface area contributed by atoms with E-state index in [1.807, 2.05) is 24.3 Å². The Morgan fingerprint density at radius 1 is 1.25 bits per heavy atom. The van der Waals surface area contributed by atoms with Gasteiger partial charge in [0.15, 0.2) is 0 Å². The minimum absolute atomic E-state index is 0.557. The average Bonchev–Trinajstić information content (AvgIpc) is 3.11. The molecule has 1 aliphatic carbocycles. The molecule has 0 bridgehead atoms. The highest BCUT2D eigenvalue weighted by atomic mass is 16.4. The maximum Gasteiger partial charge on any atom is 0.247 e. The molecule has 102 valence electrons. The van der Waals surface area contributed by atoms with Gasteiger partial charge in [-0.25, -0.2) is 0 Å². The minimum Gasteiger partial charge on any atom is -0.421 e. The van der Waals surface area contributed by atoms with E-state index in [0.717, 1.165) is 23.5 Å². The Bertz CT molecular complexity index is 642. The molecule has 0 atom stereocenters. The number of rotatable bonds is 2. The first kappa shape index (κ1) is 12.9. The van der Waals surface area contributed by atoms with Gasteiger partial charge in [-0.2, -0.15) is 0 Å². The van der Waals surface area contributed by atoms with Crippen molar-refractivity contribution in [1.29, 1.82) is 0 Å². The molecule has 0 N–H and O–H groups in total. The van der Waals surface area contributed by atoms with Crippen LogP contribution in [-0.4, -0.2) is 10.2 Å². The van der Waals surface area contributed by atoms with Gasteiger partial charge in [0, 0.05) is 24.5 Å². The van der Waals surface area contributed by atoms with Crippen LogP contribution in [-0.2, 0) is 0 Å². The maximum atomic E-state index is 5.44. The fraction of sp³-hybridized carbons (Fsp3) is 0.412. The molecule has 1 aromatic heterocycles. The highest BCUT2D eigenvalue weighted by Crippen LogP contribution is 2.27. The molecule has 2 aromatic rings. The fourth-order valence-corrected chi connectivity index (χ4v) is 2.66. The Balaban J connectivity index is 1.72. The Morgan fingerprint density at radius 2 is 2.10 bits per heavy atom. The highest BCUT2D eigenvalue weighted by molar-refractivity contribution is 5.56. The standard InChI is InChI=1S/C17H18N2O/c1-13-18-19-17(20-13)16-11-5-10-15(12-16)9-4-8-14-6-2-3-7-14/h5,10-12,14H,2-3,6-8H2,1H3. The second-order valence-electron chi connectivity index (χ2n) is 5.36. The van der Waals surface area contributed by atoms with Gasteiger partial charge in [-0.1, -0.05) is 30.7 Å². The van der Waals surface area contributed by atoms with Gasteiger partial charge in [0.05, 0.1) is 0 Å². The second-order valence-corrected chi connectivity index (χ2v) is 5.36. The van der Waals surface area contributed by atoms with Gasteiger partial charge < -0.3 is 4.42 Å². The van der Waals surface area contributed by atoms with Gasteiger partial charge in [0.25, 0.3) is 0 Å². The van der Waals surface area contributed by atoms with Crippen LogP contribution in [0.2, 0.25) is 0 Å². The summed E-state index contributed by atoms with van der Waals surface area (Å²) in [4.78, 5) is 0. The maximum absolute atomic E-state index is 5.44. The molecular formula is C17H18N2O. The molecule has 1 aliphatic rings. The van der Waals surface area contributed by atoms with E-state index in [1.54, 1.807) is 6.92 Å². The van der Waals surface area contributed by atoms with Gasteiger partial charge in [0.2, 0.25) is 11.8 Å². The molecular weight excluding hydrogens is 248 g/mol. The Labute approximate surface area is 119 Å². The number of aromatic nitrogens is 2. The van der Waals surface area contributed by atoms with E-state index >= 15 is 0 Å². The van der Waals surface area contributed by atoms with Gasteiger partial charge in [0.1, 0.15) is 0 Å². The van der Waals surface area contributed by atoms with E-state index in [-0.39, 0.29) is 0 Å². The lowest BCUT2D eigenvalue weighted by atomic mass is 10.0. The molecule has 0 amide bonds. The van der Waals surface area contributed by atoms with Crippen LogP contribution in [0.5, 0.6) is 0 Å². The summed E-state index contributed by atoms with van der Waals surface area (Å²) in [7, 11) is 0. The van der Waals surface area contributed by atoms with E-state index in [4.69, 9.17) is 4.42 Å². The van der Waals surface area contributed by atoms with Gasteiger partial charge in [-0.3, -0.25) is 0 Å². The van der Waals surface area contributed by atoms with Crippen molar-refractivity contribution in [3.8, 4) is 23.3 Å². The van der Waals surface area contributed by atoms with Crippen molar-refractivity contribution in [2.45, 2.75) is 39.0 Å². The monoisotopic (exact) mass is 266 g/mol. The summed E-state index contributed by atoms with van der Waals surface area (Å²) in [6.07, 6.45) is 6.45. The predicted molar refractivity (Wildman–Crippen MR) is 77.9 cm³/mol. The molecule has 3 heteroatoms. The lowest BCUT2D eigenvalue weighted by Gasteiger charge is -2.00. The third-order valence-electron chi connectivity index (χ3n) is 3.73. The second kappa shape index (κ2) is 5.92. The summed E-state index contributed by atoms with van der Waals surface area (Å²) in [6, 6.07) is 7.98. The first-order chi connectivity index (χ1) is 9.81. The number of benzene rings is 1. The van der Waals surface area contributed by atoms with Crippen molar-refractivity contribution in [2.24, 2.45) is 5.92 Å². The Morgan fingerprint density at radius 3 is 2.85 bits per heavy atom. The Kier molecular flexibility index (Phi) is 3.83. The molecule has 0 aliphatic heterocycles. The summed E-state index contributed by atoms with van der Waals surface area (Å²) in [6.45, 7) is 1.79. The van der Waals surface area contributed by atoms with Gasteiger partial charge >= 0.3 is 0 Å². The number of nitrogens with zero attached hydrogens (tertiary/aromatic N) is 2. The quantitative estimate of drug-likeness (QED) is 0.772. The zero-order valence-corrected chi connectivity index (χ0v) is 11.7. The molecule has 1 heterocycles. The molecule has 0 radical (unpaired) electrons. The lowest BCUT2D eigenvalue weighted by molar-refractivity contribution is 0.533. The van der Waals surface area contributed by atoms with E-state index in [1.165, 1.54) is 25.7 Å². The zero-order chi connectivity index (χ0) is 13.8. The van der Waals surface area contributed by atoms with Crippen LogP contribution in [0.3, 0.4) is 0 Å². The normalized spacial score (nSPS) is 15.1. The van der Waals surface area contributed by atoms with Gasteiger partial charge in [-0.05, 0) is 37.0 Å². The smallest absolute Gasteiger partial charge is 0.247 e. The zero-order valence-electron chi connectivity index (χ0n) is 11.7. The van der Waals surface area contributed by atoms with Gasteiger partial charge in [-0.15, -0.1) is 10.2 Å². The van der Waals surface area contributed by atoms with Crippen molar-refractivity contribution in [3.05, 3.63) is 35.7 Å². The highest BCUT2D eigenvalue weighted by Gasteiger charge is 2.13. The fourth-order valence-electron chi connectivity index (χ4n) is 2.66. The van der Waals surface area contributed by atoms with Crippen LogP contribution < -0.4 is 0 Å². The predicted octanol–water partition coefficient (Wildman–Crippen LogP) is 3.98. The molecule has 0 saturated heterocycles. The largest absolute Gasteiger partial charge is 0.421 e. The molecule has 0 spiro atoms. The summed E-state index contributed by atoms with van der Waals surface area (Å²) >= 11 is 0. The molecule has 1 saturated carbocycles. The van der Waals surface area contributed by atoms with Crippen molar-refractivity contribution < 1.29 is 4.42 Å². The van der Waals surface area contributed by atoms with Crippen molar-refractivity contribution in [1.82, 2.24) is 10.2 Å². The third kappa shape index (κ3) is 3.08. The Hall–Kier alpha value is -2.08. The molecule has 1 aromatic carbocycles. The summed E-state index contributed by atoms with van der Waals surface area (Å²) in [5.41, 5.74) is 1.94. The van der Waals surface area contributed by atoms with Crippen LogP contribution in [0.4, 0.5) is 0 Å². The molecule has 1 fully saturated rings. The molecule has 0 unspecified atom stereocenters. The molecule has 3 rings (SSSR count). The van der Waals surface area contributed by atoms with E-state index in [0.29, 0.717) is 11.8 Å². The van der Waals surface area contributed by atoms with E-state index in [9.17, 15) is 0 Å². The SMILES string of the molecule is Cc1nnc(-c2cccc(C#CCC3CCCC3)c2)o1. The third-order valence-corrected chi connectivity index (χ3v) is 3.73. The summed E-state index contributed by atoms with van der Waals surface area (Å²) < 4.78 is 5.44. The van der Waals surface area contributed by atoms with Crippen LogP contribution in [0.15, 0.2) is 28.7 Å². The first-order valence-corrected chi connectivity index (χ1v) is 7.21. The number of aryl methyl sites for hydroxylation is 1. The van der Waals surface area contributed by atoms with Crippen LogP contribution in [0, 0.1) is 24.7 Å². The van der Waals surface area contributed by atoms with Crippen molar-refractivity contribution >= 4 is 0 Å². The summed E-state index contributed by atoms with van der Waals surface area (Å²) in [5.74, 6) is 8.51. The van der Waals surface area contributed by atoms with Crippen LogP contribution >= 0.6 is 0 Å². The lowest BCUT2D eigenvalue weighted by Crippen LogP contribution is -1.89. The van der Waals surface area contributed by atoms with Crippen molar-refractivity contribution in [2.75, 3.05) is 0 Å². The van der Waals surface area contributed by atoms with Crippen molar-refractivity contribution in [3.63, 3.8) is 0 Å². The topological polar surface area (TPSA) is 38.9 Å². The number of hydrogen-bond donors (Lipinski definition) is 0.